The van der Waals surface area contributed by atoms with E-state index in [0.717, 1.165) is 30.9 Å². The molecule has 0 radical (unpaired) electrons. The van der Waals surface area contributed by atoms with Crippen LogP contribution in [0.2, 0.25) is 0 Å². The molecule has 0 bridgehead atoms. The van der Waals surface area contributed by atoms with E-state index in [1.54, 1.807) is 19.1 Å². The van der Waals surface area contributed by atoms with Crippen LogP contribution in [0.4, 0.5) is 5.69 Å². The summed E-state index contributed by atoms with van der Waals surface area (Å²) in [5.74, 6) is -3.27. The van der Waals surface area contributed by atoms with E-state index in [9.17, 15) is 38.7 Å². The number of anilines is 1. The third-order valence-corrected chi connectivity index (χ3v) is 9.16. The highest BCUT2D eigenvalue weighted by Gasteiger charge is 2.62. The molecule has 38 heavy (non-hydrogen) atoms. The maximum absolute atomic E-state index is 13.5. The number of carboxylic acid groups (broad SMARTS) is 1. The minimum absolute atomic E-state index is 0.0482. The van der Waals surface area contributed by atoms with Crippen molar-refractivity contribution < 1.29 is 48.2 Å². The smallest absolute Gasteiger partial charge is 0.332 e. The summed E-state index contributed by atoms with van der Waals surface area (Å²) in [5.41, 5.74) is -0.941. The first-order chi connectivity index (χ1) is 18.0. The average molecular weight is 558 g/mol. The molecule has 0 amide bonds. The summed E-state index contributed by atoms with van der Waals surface area (Å²) in [5, 5.41) is 48.8. The van der Waals surface area contributed by atoms with Gasteiger partial charge in [0.15, 0.2) is 5.79 Å². The van der Waals surface area contributed by atoms with E-state index in [1.165, 1.54) is 0 Å². The van der Waals surface area contributed by atoms with Crippen molar-refractivity contribution in [1.29, 1.82) is 0 Å². The number of carboxylic acids is 1. The molecule has 1 fully saturated rings. The Morgan fingerprint density at radius 3 is 2.47 bits per heavy atom. The molecule has 1 spiro atoms. The van der Waals surface area contributed by atoms with E-state index in [2.05, 4.69) is 11.6 Å². The summed E-state index contributed by atoms with van der Waals surface area (Å²) >= 11 is 0. The molecule has 1 aromatic rings. The number of ether oxygens (including phenoxy) is 2. The van der Waals surface area contributed by atoms with E-state index < -0.39 is 69.7 Å². The fraction of sp³-hybridized carbons (Fsp3) is 0.654. The van der Waals surface area contributed by atoms with Gasteiger partial charge in [0.1, 0.15) is 29.2 Å². The summed E-state index contributed by atoms with van der Waals surface area (Å²) in [6.45, 7) is 2.22. The molecule has 214 valence electrons. The molecular weight excluding hydrogens is 518 g/mol. The molecule has 1 saturated heterocycles. The molecule has 1 aliphatic carbocycles. The largest absolute Gasteiger partial charge is 0.478 e. The van der Waals surface area contributed by atoms with Crippen LogP contribution in [0.5, 0.6) is 0 Å². The fourth-order valence-electron chi connectivity index (χ4n) is 5.35. The number of aryl methyl sites for hydroxylation is 1. The van der Waals surface area contributed by atoms with Gasteiger partial charge in [-0.05, 0) is 43.4 Å². The second-order valence-electron chi connectivity index (χ2n) is 9.90. The lowest BCUT2D eigenvalue weighted by molar-refractivity contribution is -0.189. The lowest BCUT2D eigenvalue weighted by atomic mass is 9.85. The van der Waals surface area contributed by atoms with Gasteiger partial charge in [-0.15, -0.1) is 0 Å². The zero-order valence-electron chi connectivity index (χ0n) is 21.7. The third-order valence-electron chi connectivity index (χ3n) is 7.41. The molecule has 6 N–H and O–H groups in total. The van der Waals surface area contributed by atoms with Crippen LogP contribution in [-0.4, -0.2) is 88.1 Å². The van der Waals surface area contributed by atoms with Gasteiger partial charge in [0.2, 0.25) is 10.0 Å². The number of aliphatic hydroxyl groups excluding tert-OH is 4. The minimum Gasteiger partial charge on any atom is -0.478 e. The Morgan fingerprint density at radius 2 is 1.87 bits per heavy atom. The van der Waals surface area contributed by atoms with Crippen LogP contribution in [0.15, 0.2) is 35.9 Å². The Morgan fingerprint density at radius 1 is 1.16 bits per heavy atom. The summed E-state index contributed by atoms with van der Waals surface area (Å²) < 4.78 is 41.6. The Balaban J connectivity index is 1.96. The zero-order chi connectivity index (χ0) is 28.1. The van der Waals surface area contributed by atoms with Gasteiger partial charge in [-0.1, -0.05) is 44.9 Å². The Labute approximate surface area is 223 Å². The number of hydrogen-bond acceptors (Lipinski definition) is 9. The number of hydrogen-bond donors (Lipinski definition) is 6. The summed E-state index contributed by atoms with van der Waals surface area (Å²) in [6.07, 6.45) is 0.0306. The molecule has 1 heterocycles. The molecule has 1 aliphatic heterocycles. The number of benzene rings is 1. The van der Waals surface area contributed by atoms with Crippen LogP contribution in [-0.2, 0) is 30.7 Å². The normalized spacial score (nSPS) is 29.2. The van der Waals surface area contributed by atoms with Crippen LogP contribution >= 0.6 is 0 Å². The zero-order valence-corrected chi connectivity index (χ0v) is 22.6. The van der Waals surface area contributed by atoms with Gasteiger partial charge in [-0.3, -0.25) is 4.72 Å². The van der Waals surface area contributed by atoms with Crippen LogP contribution in [0.3, 0.4) is 0 Å². The maximum Gasteiger partial charge on any atom is 0.332 e. The highest BCUT2D eigenvalue weighted by molar-refractivity contribution is 7.93. The molecule has 0 aromatic heterocycles. The van der Waals surface area contributed by atoms with Gasteiger partial charge in [-0.25, -0.2) is 13.2 Å². The highest BCUT2D eigenvalue weighted by atomic mass is 32.2. The number of aliphatic carboxylic acids is 1. The Kier molecular flexibility index (Phi) is 9.96. The molecule has 6 unspecified atom stereocenters. The van der Waals surface area contributed by atoms with Crippen LogP contribution in [0, 0.1) is 0 Å². The van der Waals surface area contributed by atoms with Crippen molar-refractivity contribution in [3.63, 3.8) is 0 Å². The third kappa shape index (κ3) is 6.06. The molecule has 12 heteroatoms. The topological polar surface area (TPSA) is 183 Å². The standard InChI is InChI=1S/C26H39NO10S/c1-3-5-6-9-17-10-7-8-11-19(17)27-38(34,35)21-12-13-25(14-18(21)24(32)33)36-23(20(30)15-28)26(4-2,37-25)22(31)16-29/h7-8,10-11,14,20-23,27-31H,3-6,9,12-13,15-16H2,1-2H3,(H,32,33). The van der Waals surface area contributed by atoms with E-state index in [1.807, 2.05) is 12.1 Å². The minimum atomic E-state index is -4.21. The van der Waals surface area contributed by atoms with Crippen molar-refractivity contribution >= 4 is 21.7 Å². The molecule has 3 rings (SSSR count). The van der Waals surface area contributed by atoms with Gasteiger partial charge >= 0.3 is 5.97 Å². The number of carbonyl (C=O) groups is 1. The Hall–Kier alpha value is -2.06. The second-order valence-corrected chi connectivity index (χ2v) is 11.8. The number of para-hydroxylation sites is 1. The van der Waals surface area contributed by atoms with Crippen molar-refractivity contribution in [2.45, 2.75) is 93.7 Å². The predicted molar refractivity (Wildman–Crippen MR) is 139 cm³/mol. The Bertz CT molecular complexity index is 1110. The molecule has 0 saturated carbocycles. The van der Waals surface area contributed by atoms with Crippen molar-refractivity contribution in [2.75, 3.05) is 17.9 Å². The quantitative estimate of drug-likeness (QED) is 0.193. The lowest BCUT2D eigenvalue weighted by Crippen LogP contribution is -2.56. The summed E-state index contributed by atoms with van der Waals surface area (Å²) in [6, 6.07) is 7.00. The average Bonchev–Trinajstić information content (AvgIpc) is 3.23. The van der Waals surface area contributed by atoms with Crippen LogP contribution < -0.4 is 4.72 Å². The van der Waals surface area contributed by atoms with Crippen LogP contribution in [0.1, 0.15) is 57.9 Å². The van der Waals surface area contributed by atoms with E-state index in [0.29, 0.717) is 12.1 Å². The highest BCUT2D eigenvalue weighted by Crippen LogP contribution is 2.48. The second kappa shape index (κ2) is 12.4. The first-order valence-corrected chi connectivity index (χ1v) is 14.5. The van der Waals surface area contributed by atoms with Gasteiger partial charge in [0, 0.05) is 6.42 Å². The fourth-order valence-corrected chi connectivity index (χ4v) is 6.93. The number of aliphatic hydroxyl groups is 4. The molecule has 11 nitrogen and oxygen atoms in total. The van der Waals surface area contributed by atoms with E-state index in [-0.39, 0.29) is 19.3 Å². The van der Waals surface area contributed by atoms with E-state index in [4.69, 9.17) is 9.47 Å². The van der Waals surface area contributed by atoms with Crippen LogP contribution in [0.25, 0.3) is 0 Å². The first kappa shape index (κ1) is 30.5. The monoisotopic (exact) mass is 557 g/mol. The van der Waals surface area contributed by atoms with Gasteiger partial charge in [0.25, 0.3) is 0 Å². The van der Waals surface area contributed by atoms with Crippen molar-refractivity contribution in [2.24, 2.45) is 0 Å². The van der Waals surface area contributed by atoms with Gasteiger partial charge in [0.05, 0.1) is 24.5 Å². The SMILES string of the molecule is CCCCCc1ccccc1NS(=O)(=O)C1CCC2(C=C1C(=O)O)OC(C(O)CO)C(CC)(C(O)CO)O2. The van der Waals surface area contributed by atoms with Crippen molar-refractivity contribution in [3.05, 3.63) is 41.5 Å². The molecule has 6 atom stereocenters. The predicted octanol–water partition coefficient (Wildman–Crippen LogP) is 1.30. The van der Waals surface area contributed by atoms with E-state index >= 15 is 0 Å². The number of sulfonamides is 1. The van der Waals surface area contributed by atoms with Crippen molar-refractivity contribution in [3.8, 4) is 0 Å². The maximum atomic E-state index is 13.5. The molecular formula is C26H39NO10S. The first-order valence-electron chi connectivity index (χ1n) is 13.0. The van der Waals surface area contributed by atoms with Gasteiger partial charge in [-0.2, -0.15) is 0 Å². The number of unbranched alkanes of at least 4 members (excludes halogenated alkanes) is 2. The number of nitrogens with one attached hydrogen (secondary N) is 1. The van der Waals surface area contributed by atoms with Crippen molar-refractivity contribution in [1.82, 2.24) is 0 Å². The number of rotatable bonds is 13. The summed E-state index contributed by atoms with van der Waals surface area (Å²) in [7, 11) is -4.21. The molecule has 2 aliphatic rings. The summed E-state index contributed by atoms with van der Waals surface area (Å²) in [4.78, 5) is 12.3. The lowest BCUT2D eigenvalue weighted by Gasteiger charge is -2.38. The molecule has 1 aromatic carbocycles. The van der Waals surface area contributed by atoms with Gasteiger partial charge < -0.3 is 35.0 Å².